The summed E-state index contributed by atoms with van der Waals surface area (Å²) in [5.74, 6) is 1.34. The Kier molecular flexibility index (Phi) is 3.98. The van der Waals surface area contributed by atoms with Crippen molar-refractivity contribution in [3.63, 3.8) is 0 Å². The number of allylic oxidation sites excluding steroid dienone is 1. The summed E-state index contributed by atoms with van der Waals surface area (Å²) >= 11 is 0. The molecule has 0 aromatic carbocycles. The highest BCUT2D eigenvalue weighted by molar-refractivity contribution is 5.08. The fraction of sp³-hybridized carbons (Fsp3) is 0.833. The lowest BCUT2D eigenvalue weighted by atomic mass is 9.83. The van der Waals surface area contributed by atoms with Crippen molar-refractivity contribution in [2.24, 2.45) is 17.6 Å². The second-order valence-corrected chi connectivity index (χ2v) is 4.47. The third-order valence-corrected chi connectivity index (χ3v) is 3.47. The van der Waals surface area contributed by atoms with Crippen molar-refractivity contribution >= 4 is 0 Å². The van der Waals surface area contributed by atoms with E-state index >= 15 is 0 Å². The molecule has 0 spiro atoms. The summed E-state index contributed by atoms with van der Waals surface area (Å²) in [6.45, 7) is 8.64. The topological polar surface area (TPSA) is 26.0 Å². The zero-order valence-electron chi connectivity index (χ0n) is 9.05. The van der Waals surface area contributed by atoms with E-state index in [1.807, 2.05) is 0 Å². The molecule has 0 bridgehead atoms. The van der Waals surface area contributed by atoms with E-state index in [2.05, 4.69) is 20.4 Å². The molecule has 0 amide bonds. The van der Waals surface area contributed by atoms with Gasteiger partial charge in [0.05, 0.1) is 0 Å². The van der Waals surface area contributed by atoms with Crippen LogP contribution in [0.4, 0.5) is 0 Å². The van der Waals surface area contributed by atoms with Crippen LogP contribution in [-0.4, -0.2) is 6.04 Å². The minimum atomic E-state index is 0.379. The van der Waals surface area contributed by atoms with Crippen LogP contribution in [0.5, 0.6) is 0 Å². The van der Waals surface area contributed by atoms with E-state index in [0.717, 1.165) is 6.42 Å². The molecule has 2 N–H and O–H groups in total. The van der Waals surface area contributed by atoms with Gasteiger partial charge in [0.25, 0.3) is 0 Å². The van der Waals surface area contributed by atoms with Crippen LogP contribution in [0.2, 0.25) is 0 Å². The molecule has 0 saturated heterocycles. The Morgan fingerprint density at radius 3 is 2.77 bits per heavy atom. The molecular formula is C12H23N. The summed E-state index contributed by atoms with van der Waals surface area (Å²) < 4.78 is 0. The van der Waals surface area contributed by atoms with Crippen molar-refractivity contribution in [2.75, 3.05) is 0 Å². The van der Waals surface area contributed by atoms with Gasteiger partial charge >= 0.3 is 0 Å². The molecular weight excluding hydrogens is 158 g/mol. The van der Waals surface area contributed by atoms with Gasteiger partial charge in [-0.3, -0.25) is 0 Å². The van der Waals surface area contributed by atoms with Crippen LogP contribution in [0.3, 0.4) is 0 Å². The molecule has 0 aliphatic heterocycles. The number of hydrogen-bond donors (Lipinski definition) is 1. The molecule has 1 nitrogen and oxygen atoms in total. The Balaban J connectivity index is 2.45. The van der Waals surface area contributed by atoms with E-state index in [1.54, 1.807) is 0 Å². The smallest absolute Gasteiger partial charge is 0.00701 e. The monoisotopic (exact) mass is 181 g/mol. The maximum Gasteiger partial charge on any atom is 0.00701 e. The van der Waals surface area contributed by atoms with Crippen LogP contribution in [0.1, 0.15) is 46.0 Å². The average Bonchev–Trinajstić information content (AvgIpc) is 2.50. The van der Waals surface area contributed by atoms with E-state index in [-0.39, 0.29) is 0 Å². The summed E-state index contributed by atoms with van der Waals surface area (Å²) in [5.41, 5.74) is 7.57. The number of hydrogen-bond acceptors (Lipinski definition) is 1. The van der Waals surface area contributed by atoms with Gasteiger partial charge in [0.15, 0.2) is 0 Å². The highest BCUT2D eigenvalue weighted by Gasteiger charge is 2.28. The highest BCUT2D eigenvalue weighted by Crippen LogP contribution is 2.36. The normalized spacial score (nSPS) is 27.6. The first kappa shape index (κ1) is 10.8. The van der Waals surface area contributed by atoms with Crippen LogP contribution in [0.15, 0.2) is 12.2 Å². The fourth-order valence-electron chi connectivity index (χ4n) is 2.47. The first-order valence-electron chi connectivity index (χ1n) is 5.60. The van der Waals surface area contributed by atoms with Crippen LogP contribution < -0.4 is 5.73 Å². The van der Waals surface area contributed by atoms with Crippen LogP contribution >= 0.6 is 0 Å². The predicted octanol–water partition coefficient (Wildman–Crippen LogP) is 3.11. The van der Waals surface area contributed by atoms with Crippen molar-refractivity contribution in [1.82, 2.24) is 0 Å². The van der Waals surface area contributed by atoms with Crippen molar-refractivity contribution in [1.29, 1.82) is 0 Å². The lowest BCUT2D eigenvalue weighted by molar-refractivity contribution is 0.332. The third kappa shape index (κ3) is 2.57. The molecule has 1 aliphatic rings. The average molecular weight is 181 g/mol. The summed E-state index contributed by atoms with van der Waals surface area (Å²) in [6, 6.07) is 0.379. The zero-order chi connectivity index (χ0) is 9.84. The molecule has 0 aromatic heterocycles. The van der Waals surface area contributed by atoms with Gasteiger partial charge in [-0.1, -0.05) is 32.4 Å². The molecule has 76 valence electrons. The third-order valence-electron chi connectivity index (χ3n) is 3.47. The molecule has 0 heterocycles. The maximum atomic E-state index is 6.13. The van der Waals surface area contributed by atoms with Crippen molar-refractivity contribution in [2.45, 2.75) is 52.0 Å². The molecule has 1 rings (SSSR count). The van der Waals surface area contributed by atoms with E-state index < -0.39 is 0 Å². The zero-order valence-corrected chi connectivity index (χ0v) is 9.05. The van der Waals surface area contributed by atoms with Crippen LogP contribution in [-0.2, 0) is 0 Å². The molecule has 1 aliphatic carbocycles. The summed E-state index contributed by atoms with van der Waals surface area (Å²) in [4.78, 5) is 0. The van der Waals surface area contributed by atoms with Gasteiger partial charge in [-0.25, -0.2) is 0 Å². The molecule has 0 radical (unpaired) electrons. The lowest BCUT2D eigenvalue weighted by Crippen LogP contribution is -2.32. The predicted molar refractivity (Wildman–Crippen MR) is 58.5 cm³/mol. The number of rotatable bonds is 4. The van der Waals surface area contributed by atoms with Gasteiger partial charge < -0.3 is 5.73 Å². The van der Waals surface area contributed by atoms with Crippen molar-refractivity contribution in [3.05, 3.63) is 12.2 Å². The van der Waals surface area contributed by atoms with E-state index in [9.17, 15) is 0 Å². The Morgan fingerprint density at radius 2 is 2.31 bits per heavy atom. The van der Waals surface area contributed by atoms with Crippen molar-refractivity contribution in [3.8, 4) is 0 Å². The molecule has 13 heavy (non-hydrogen) atoms. The fourth-order valence-corrected chi connectivity index (χ4v) is 2.47. The molecule has 3 atom stereocenters. The van der Waals surface area contributed by atoms with Gasteiger partial charge in [0.1, 0.15) is 0 Å². The quantitative estimate of drug-likeness (QED) is 0.663. The molecule has 3 unspecified atom stereocenters. The van der Waals surface area contributed by atoms with E-state index in [4.69, 9.17) is 5.73 Å². The van der Waals surface area contributed by atoms with Gasteiger partial charge in [-0.15, -0.1) is 0 Å². The standard InChI is InChI=1S/C12H23N/c1-4-6-12(13)10(3)11-8-5-7-9(11)2/h10-12H,2,4-8,13H2,1,3H3. The molecule has 1 heteroatoms. The Bertz CT molecular complexity index is 174. The first-order valence-corrected chi connectivity index (χ1v) is 5.60. The summed E-state index contributed by atoms with van der Waals surface area (Å²) in [6.07, 6.45) is 6.23. The van der Waals surface area contributed by atoms with Gasteiger partial charge in [-0.2, -0.15) is 0 Å². The first-order chi connectivity index (χ1) is 6.16. The van der Waals surface area contributed by atoms with Gasteiger partial charge in [0, 0.05) is 6.04 Å². The SMILES string of the molecule is C=C1CCCC1C(C)C(N)CCC. The van der Waals surface area contributed by atoms with Crippen LogP contribution in [0, 0.1) is 11.8 Å². The second-order valence-electron chi connectivity index (χ2n) is 4.47. The highest BCUT2D eigenvalue weighted by atomic mass is 14.6. The molecule has 0 aromatic rings. The number of nitrogens with two attached hydrogens (primary N) is 1. The Morgan fingerprint density at radius 1 is 1.62 bits per heavy atom. The Labute approximate surface area is 82.4 Å². The minimum Gasteiger partial charge on any atom is -0.327 e. The van der Waals surface area contributed by atoms with Crippen LogP contribution in [0.25, 0.3) is 0 Å². The summed E-state index contributed by atoms with van der Waals surface area (Å²) in [7, 11) is 0. The molecule has 1 saturated carbocycles. The summed E-state index contributed by atoms with van der Waals surface area (Å²) in [5, 5.41) is 0. The van der Waals surface area contributed by atoms with E-state index in [0.29, 0.717) is 17.9 Å². The van der Waals surface area contributed by atoms with Gasteiger partial charge in [-0.05, 0) is 37.5 Å². The minimum absolute atomic E-state index is 0.379. The van der Waals surface area contributed by atoms with E-state index in [1.165, 1.54) is 31.3 Å². The second kappa shape index (κ2) is 4.80. The van der Waals surface area contributed by atoms with Crippen molar-refractivity contribution < 1.29 is 0 Å². The Hall–Kier alpha value is -0.300. The maximum absolute atomic E-state index is 6.13. The van der Waals surface area contributed by atoms with Gasteiger partial charge in [0.2, 0.25) is 0 Å². The lowest BCUT2D eigenvalue weighted by Gasteiger charge is -2.26. The molecule has 1 fully saturated rings. The largest absolute Gasteiger partial charge is 0.327 e.